The summed E-state index contributed by atoms with van der Waals surface area (Å²) in [6.07, 6.45) is 2.04. The highest BCUT2D eigenvalue weighted by molar-refractivity contribution is 5.72. The molecule has 4 nitrogen and oxygen atoms in total. The number of rotatable bonds is 10. The molecule has 0 aliphatic rings. The predicted molar refractivity (Wildman–Crippen MR) is 94.4 cm³/mol. The van der Waals surface area contributed by atoms with Crippen LogP contribution in [0.1, 0.15) is 71.5 Å². The first-order chi connectivity index (χ1) is 11.8. The van der Waals surface area contributed by atoms with E-state index in [9.17, 15) is 14.0 Å². The van der Waals surface area contributed by atoms with Crippen LogP contribution in [-0.2, 0) is 19.1 Å². The van der Waals surface area contributed by atoms with Crippen molar-refractivity contribution in [2.45, 2.75) is 72.0 Å². The van der Waals surface area contributed by atoms with Gasteiger partial charge in [-0.2, -0.15) is 0 Å². The zero-order valence-electron chi connectivity index (χ0n) is 15.6. The first-order valence-electron chi connectivity index (χ1n) is 8.97. The predicted octanol–water partition coefficient (Wildman–Crippen LogP) is 4.97. The molecular formula is C20H29FO4. The minimum atomic E-state index is -0.449. The molecule has 0 bridgehead atoms. The number of halogens is 1. The summed E-state index contributed by atoms with van der Waals surface area (Å²) >= 11 is 0. The highest BCUT2D eigenvalue weighted by atomic mass is 19.1. The molecule has 1 aromatic rings. The van der Waals surface area contributed by atoms with Gasteiger partial charge in [-0.15, -0.1) is 0 Å². The van der Waals surface area contributed by atoms with E-state index in [2.05, 4.69) is 6.92 Å². The average molecular weight is 352 g/mol. The van der Waals surface area contributed by atoms with Crippen molar-refractivity contribution in [3.05, 3.63) is 35.6 Å². The number of hydrogen-bond acceptors (Lipinski definition) is 4. The Kier molecular flexibility index (Phi) is 9.17. The standard InChI is InChI=1S/C20H29FO4/c1-5-7-18(14(2)3)25-20(23)9-6-8-19(22)24-15(4)16-10-12-17(21)13-11-16/h10-15,18H,5-9H2,1-4H3. The lowest BCUT2D eigenvalue weighted by Crippen LogP contribution is -2.23. The molecule has 0 aliphatic heterocycles. The van der Waals surface area contributed by atoms with Gasteiger partial charge in [0.05, 0.1) is 0 Å². The van der Waals surface area contributed by atoms with Crippen LogP contribution in [0.3, 0.4) is 0 Å². The summed E-state index contributed by atoms with van der Waals surface area (Å²) in [4.78, 5) is 23.7. The van der Waals surface area contributed by atoms with E-state index < -0.39 is 6.10 Å². The molecule has 1 rings (SSSR count). The van der Waals surface area contributed by atoms with Gasteiger partial charge in [0.1, 0.15) is 18.0 Å². The summed E-state index contributed by atoms with van der Waals surface area (Å²) in [5.74, 6) is -0.695. The topological polar surface area (TPSA) is 52.6 Å². The van der Waals surface area contributed by atoms with Crippen LogP contribution < -0.4 is 0 Å². The molecule has 0 aliphatic carbocycles. The number of carbonyl (C=O) groups is 2. The molecule has 0 N–H and O–H groups in total. The third kappa shape index (κ3) is 8.14. The molecular weight excluding hydrogens is 323 g/mol. The Morgan fingerprint density at radius 3 is 2.08 bits per heavy atom. The van der Waals surface area contributed by atoms with Crippen molar-refractivity contribution in [3.63, 3.8) is 0 Å². The molecule has 0 saturated carbocycles. The lowest BCUT2D eigenvalue weighted by molar-refractivity contribution is -0.152. The highest BCUT2D eigenvalue weighted by Crippen LogP contribution is 2.19. The van der Waals surface area contributed by atoms with Gasteiger partial charge in [0.15, 0.2) is 0 Å². The lowest BCUT2D eigenvalue weighted by atomic mass is 10.0. The Labute approximate surface area is 149 Å². The lowest BCUT2D eigenvalue weighted by Gasteiger charge is -2.20. The van der Waals surface area contributed by atoms with Crippen LogP contribution >= 0.6 is 0 Å². The van der Waals surface area contributed by atoms with Gasteiger partial charge < -0.3 is 9.47 Å². The van der Waals surface area contributed by atoms with Gasteiger partial charge in [-0.1, -0.05) is 39.3 Å². The van der Waals surface area contributed by atoms with Crippen LogP contribution in [0.5, 0.6) is 0 Å². The molecule has 0 heterocycles. The van der Waals surface area contributed by atoms with Crippen molar-refractivity contribution >= 4 is 11.9 Å². The van der Waals surface area contributed by atoms with E-state index in [0.29, 0.717) is 6.42 Å². The van der Waals surface area contributed by atoms with Crippen molar-refractivity contribution in [2.75, 3.05) is 0 Å². The zero-order valence-corrected chi connectivity index (χ0v) is 15.6. The van der Waals surface area contributed by atoms with Crippen molar-refractivity contribution in [3.8, 4) is 0 Å². The summed E-state index contributed by atoms with van der Waals surface area (Å²) in [5, 5.41) is 0. The molecule has 2 atom stereocenters. The molecule has 5 heteroatoms. The van der Waals surface area contributed by atoms with E-state index in [4.69, 9.17) is 9.47 Å². The van der Waals surface area contributed by atoms with E-state index in [1.165, 1.54) is 12.1 Å². The van der Waals surface area contributed by atoms with Gasteiger partial charge in [0.2, 0.25) is 0 Å². The quantitative estimate of drug-likeness (QED) is 0.558. The maximum absolute atomic E-state index is 12.9. The van der Waals surface area contributed by atoms with Crippen molar-refractivity contribution in [1.82, 2.24) is 0 Å². The molecule has 140 valence electrons. The third-order valence-corrected chi connectivity index (χ3v) is 4.01. The maximum atomic E-state index is 12.9. The van der Waals surface area contributed by atoms with Crippen LogP contribution in [0.2, 0.25) is 0 Å². The molecule has 25 heavy (non-hydrogen) atoms. The molecule has 0 aromatic heterocycles. The fraction of sp³-hybridized carbons (Fsp3) is 0.600. The summed E-state index contributed by atoms with van der Waals surface area (Å²) in [7, 11) is 0. The van der Waals surface area contributed by atoms with Crippen LogP contribution in [0.25, 0.3) is 0 Å². The molecule has 0 spiro atoms. The van der Waals surface area contributed by atoms with Crippen molar-refractivity contribution < 1.29 is 23.5 Å². The van der Waals surface area contributed by atoms with E-state index in [-0.39, 0.29) is 42.6 Å². The number of ether oxygens (including phenoxy) is 2. The third-order valence-electron chi connectivity index (χ3n) is 4.01. The molecule has 0 fully saturated rings. The normalized spacial score (nSPS) is 13.4. The van der Waals surface area contributed by atoms with E-state index >= 15 is 0 Å². The van der Waals surface area contributed by atoms with Gasteiger partial charge in [-0.25, -0.2) is 4.39 Å². The zero-order chi connectivity index (χ0) is 18.8. The Hall–Kier alpha value is -1.91. The van der Waals surface area contributed by atoms with Gasteiger partial charge in [-0.05, 0) is 43.4 Å². The van der Waals surface area contributed by atoms with Crippen molar-refractivity contribution in [1.29, 1.82) is 0 Å². The summed E-state index contributed by atoms with van der Waals surface area (Å²) in [6.45, 7) is 7.85. The Balaban J connectivity index is 2.31. The number of hydrogen-bond donors (Lipinski definition) is 0. The fourth-order valence-corrected chi connectivity index (χ4v) is 2.48. The second-order valence-corrected chi connectivity index (χ2v) is 6.60. The first kappa shape index (κ1) is 21.1. The first-order valence-corrected chi connectivity index (χ1v) is 8.97. The summed E-state index contributed by atoms with van der Waals surface area (Å²) in [6, 6.07) is 5.84. The van der Waals surface area contributed by atoms with Gasteiger partial charge in [0.25, 0.3) is 0 Å². The monoisotopic (exact) mass is 352 g/mol. The number of esters is 2. The molecule has 1 aromatic carbocycles. The van der Waals surface area contributed by atoms with Crippen molar-refractivity contribution in [2.24, 2.45) is 5.92 Å². The SMILES string of the molecule is CCCC(OC(=O)CCCC(=O)OC(C)c1ccc(F)cc1)C(C)C. The van der Waals surface area contributed by atoms with Gasteiger partial charge >= 0.3 is 11.9 Å². The summed E-state index contributed by atoms with van der Waals surface area (Å²) in [5.41, 5.74) is 0.730. The largest absolute Gasteiger partial charge is 0.462 e. The minimum absolute atomic E-state index is 0.0667. The molecule has 0 amide bonds. The molecule has 0 saturated heterocycles. The maximum Gasteiger partial charge on any atom is 0.306 e. The highest BCUT2D eigenvalue weighted by Gasteiger charge is 2.18. The molecule has 0 radical (unpaired) electrons. The fourth-order valence-electron chi connectivity index (χ4n) is 2.48. The Morgan fingerprint density at radius 2 is 1.56 bits per heavy atom. The van der Waals surface area contributed by atoms with E-state index in [1.807, 2.05) is 13.8 Å². The second kappa shape index (κ2) is 10.9. The van der Waals surface area contributed by atoms with Gasteiger partial charge in [0, 0.05) is 12.8 Å². The van der Waals surface area contributed by atoms with E-state index in [1.54, 1.807) is 19.1 Å². The Morgan fingerprint density at radius 1 is 1.00 bits per heavy atom. The van der Waals surface area contributed by atoms with Gasteiger partial charge in [-0.3, -0.25) is 9.59 Å². The van der Waals surface area contributed by atoms with Crippen LogP contribution in [-0.4, -0.2) is 18.0 Å². The van der Waals surface area contributed by atoms with Crippen LogP contribution in [0.15, 0.2) is 24.3 Å². The molecule has 2 unspecified atom stereocenters. The van der Waals surface area contributed by atoms with E-state index in [0.717, 1.165) is 18.4 Å². The summed E-state index contributed by atoms with van der Waals surface area (Å²) < 4.78 is 23.7. The van der Waals surface area contributed by atoms with Crippen LogP contribution in [0, 0.1) is 11.7 Å². The Bertz CT molecular complexity index is 539. The number of carbonyl (C=O) groups excluding carboxylic acids is 2. The second-order valence-electron chi connectivity index (χ2n) is 6.60. The number of benzene rings is 1. The smallest absolute Gasteiger partial charge is 0.306 e. The average Bonchev–Trinajstić information content (AvgIpc) is 2.54. The van der Waals surface area contributed by atoms with Crippen LogP contribution in [0.4, 0.5) is 4.39 Å². The minimum Gasteiger partial charge on any atom is -0.462 e.